The fourth-order valence-corrected chi connectivity index (χ4v) is 3.18. The lowest BCUT2D eigenvalue weighted by atomic mass is 9.72. The number of hydrogen-bond acceptors (Lipinski definition) is 8. The first-order valence-corrected chi connectivity index (χ1v) is 8.19. The minimum absolute atomic E-state index is 0.0486. The average molecular weight is 369 g/mol. The Morgan fingerprint density at radius 2 is 1.81 bits per heavy atom. The van der Waals surface area contributed by atoms with Crippen molar-refractivity contribution in [2.45, 2.75) is 13.8 Å². The summed E-state index contributed by atoms with van der Waals surface area (Å²) in [5, 5.41) is 20.2. The van der Waals surface area contributed by atoms with Crippen LogP contribution in [-0.4, -0.2) is 36.0 Å². The first kappa shape index (κ1) is 18.2. The number of ether oxygens (including phenoxy) is 3. The molecule has 0 saturated heterocycles. The Morgan fingerprint density at radius 3 is 2.41 bits per heavy atom. The van der Waals surface area contributed by atoms with E-state index < -0.39 is 34.7 Å². The zero-order valence-electron chi connectivity index (χ0n) is 14.6. The number of nitriles is 1. The highest BCUT2D eigenvalue weighted by molar-refractivity contribution is 6.27. The molecule has 0 amide bonds. The highest BCUT2D eigenvalue weighted by atomic mass is 16.6. The van der Waals surface area contributed by atoms with Gasteiger partial charge in [0.05, 0.1) is 24.9 Å². The number of carbonyl (C=O) groups excluding carboxylic acids is 3. The van der Waals surface area contributed by atoms with Gasteiger partial charge in [-0.25, -0.2) is 9.59 Å². The first-order valence-electron chi connectivity index (χ1n) is 8.19. The van der Waals surface area contributed by atoms with Crippen LogP contribution in [0.25, 0.3) is 5.76 Å². The molecule has 8 nitrogen and oxygen atoms in total. The minimum Gasteiger partial charge on any atom is -0.481 e. The molecule has 1 aromatic rings. The summed E-state index contributed by atoms with van der Waals surface area (Å²) in [5.41, 5.74) is -3.19. The second-order valence-electron chi connectivity index (χ2n) is 5.66. The Bertz CT molecular complexity index is 967. The molecule has 0 saturated carbocycles. The lowest BCUT2D eigenvalue weighted by molar-refractivity contribution is -0.152. The molecule has 1 unspecified atom stereocenters. The number of carbonyl (C=O) groups is 3. The van der Waals surface area contributed by atoms with Crippen molar-refractivity contribution in [2.24, 2.45) is 5.41 Å². The largest absolute Gasteiger partial charge is 0.481 e. The molecular weight excluding hydrogens is 354 g/mol. The molecule has 1 aromatic carbocycles. The molecule has 138 valence electrons. The number of esters is 2. The molecule has 2 aliphatic rings. The summed E-state index contributed by atoms with van der Waals surface area (Å²) in [7, 11) is 0. The van der Waals surface area contributed by atoms with Crippen molar-refractivity contribution in [1.29, 1.82) is 5.26 Å². The zero-order valence-corrected chi connectivity index (χ0v) is 14.6. The lowest BCUT2D eigenvalue weighted by Crippen LogP contribution is -2.44. The van der Waals surface area contributed by atoms with Gasteiger partial charge >= 0.3 is 11.9 Å². The summed E-state index contributed by atoms with van der Waals surface area (Å²) in [6.07, 6.45) is 0. The number of ketones is 1. The summed E-state index contributed by atoms with van der Waals surface area (Å²) < 4.78 is 15.2. The number of aliphatic hydroxyl groups is 1. The molecule has 0 aromatic heterocycles. The van der Waals surface area contributed by atoms with Gasteiger partial charge in [-0.1, -0.05) is 24.3 Å². The van der Waals surface area contributed by atoms with Crippen molar-refractivity contribution in [3.8, 4) is 6.07 Å². The molecular formula is C19H15NO7. The summed E-state index contributed by atoms with van der Waals surface area (Å²) in [5.74, 6) is -4.15. The van der Waals surface area contributed by atoms with Crippen molar-refractivity contribution in [3.63, 3.8) is 0 Å². The van der Waals surface area contributed by atoms with Crippen LogP contribution in [0.3, 0.4) is 0 Å². The predicted molar refractivity (Wildman–Crippen MR) is 89.7 cm³/mol. The van der Waals surface area contributed by atoms with Gasteiger partial charge in [0, 0.05) is 11.1 Å². The van der Waals surface area contributed by atoms with Gasteiger partial charge in [-0.2, -0.15) is 5.26 Å². The van der Waals surface area contributed by atoms with Gasteiger partial charge < -0.3 is 19.3 Å². The molecule has 1 N–H and O–H groups in total. The monoisotopic (exact) mass is 369 g/mol. The molecule has 8 heteroatoms. The van der Waals surface area contributed by atoms with Crippen molar-refractivity contribution in [2.75, 3.05) is 13.2 Å². The van der Waals surface area contributed by atoms with Crippen LogP contribution in [0.5, 0.6) is 0 Å². The van der Waals surface area contributed by atoms with Crippen LogP contribution in [0.4, 0.5) is 0 Å². The quantitative estimate of drug-likeness (QED) is 0.486. The van der Waals surface area contributed by atoms with Crippen molar-refractivity contribution >= 4 is 23.5 Å². The average Bonchev–Trinajstić information content (AvgIpc) is 2.93. The Labute approximate surface area is 154 Å². The minimum atomic E-state index is -2.50. The molecule has 0 bridgehead atoms. The number of nitrogens with zero attached hydrogens (tertiary/aromatic N) is 1. The fourth-order valence-electron chi connectivity index (χ4n) is 3.18. The first-order chi connectivity index (χ1) is 12.9. The predicted octanol–water partition coefficient (Wildman–Crippen LogP) is 2.03. The summed E-state index contributed by atoms with van der Waals surface area (Å²) in [6, 6.07) is 7.95. The number of fused-ring (bicyclic) bond motifs is 2. The van der Waals surface area contributed by atoms with Gasteiger partial charge in [0.2, 0.25) is 5.41 Å². The second-order valence-corrected chi connectivity index (χ2v) is 5.66. The maximum atomic E-state index is 13.0. The molecule has 3 rings (SSSR count). The van der Waals surface area contributed by atoms with Gasteiger partial charge in [0.15, 0.2) is 11.4 Å². The highest BCUT2D eigenvalue weighted by Gasteiger charge is 2.62. The summed E-state index contributed by atoms with van der Waals surface area (Å²) in [4.78, 5) is 38.4. The number of rotatable bonds is 4. The van der Waals surface area contributed by atoms with Crippen LogP contribution in [0.1, 0.15) is 29.8 Å². The maximum Gasteiger partial charge on any atom is 0.349 e. The lowest BCUT2D eigenvalue weighted by Gasteiger charge is -2.31. The van der Waals surface area contributed by atoms with Crippen LogP contribution in [0.15, 0.2) is 41.4 Å². The van der Waals surface area contributed by atoms with E-state index in [-0.39, 0.29) is 35.7 Å². The molecule has 0 radical (unpaired) electrons. The third kappa shape index (κ3) is 2.39. The number of benzene rings is 1. The fraction of sp³-hybridized carbons (Fsp3) is 0.263. The van der Waals surface area contributed by atoms with Crippen LogP contribution in [0, 0.1) is 16.7 Å². The Morgan fingerprint density at radius 1 is 1.19 bits per heavy atom. The standard InChI is InChI=1S/C19H15NO7/c1-3-25-16(22)13-17(23)27-15-11-8-6-5-7-10(11)14(21)12(15)19(13,9-20)18(24)26-4-2/h5-8,22H,3-4H2,1-2H3/b16-13+. The van der Waals surface area contributed by atoms with Crippen molar-refractivity contribution in [3.05, 3.63) is 52.5 Å². The van der Waals surface area contributed by atoms with E-state index in [1.54, 1.807) is 18.2 Å². The summed E-state index contributed by atoms with van der Waals surface area (Å²) >= 11 is 0. The van der Waals surface area contributed by atoms with Gasteiger partial charge in [-0.3, -0.25) is 4.79 Å². The van der Waals surface area contributed by atoms with Crippen LogP contribution in [0.2, 0.25) is 0 Å². The number of hydrogen-bond donors (Lipinski definition) is 1. The SMILES string of the molecule is CCOC(=O)C1(C#N)C2=C(OC(=O)/C1=C(/O)OCC)c1ccccc1C2=O. The summed E-state index contributed by atoms with van der Waals surface area (Å²) in [6.45, 7) is 2.89. The molecule has 1 aliphatic heterocycles. The Hall–Kier alpha value is -3.60. The highest BCUT2D eigenvalue weighted by Crippen LogP contribution is 2.51. The maximum absolute atomic E-state index is 13.0. The van der Waals surface area contributed by atoms with Crippen LogP contribution in [-0.2, 0) is 23.8 Å². The van der Waals surface area contributed by atoms with E-state index in [1.165, 1.54) is 26.0 Å². The normalized spacial score (nSPS) is 22.4. The van der Waals surface area contributed by atoms with Gasteiger partial charge in [0.25, 0.3) is 5.95 Å². The van der Waals surface area contributed by atoms with E-state index in [4.69, 9.17) is 14.2 Å². The van der Waals surface area contributed by atoms with Crippen LogP contribution < -0.4 is 0 Å². The molecule has 1 heterocycles. The van der Waals surface area contributed by atoms with Gasteiger partial charge in [-0.05, 0) is 13.8 Å². The van der Waals surface area contributed by atoms with E-state index in [0.29, 0.717) is 0 Å². The molecule has 1 aliphatic carbocycles. The molecule has 27 heavy (non-hydrogen) atoms. The third-order valence-corrected chi connectivity index (χ3v) is 4.26. The number of aliphatic hydroxyl groups excluding tert-OH is 1. The topological polar surface area (TPSA) is 123 Å². The zero-order chi connectivity index (χ0) is 19.8. The van der Waals surface area contributed by atoms with Crippen LogP contribution >= 0.6 is 0 Å². The van der Waals surface area contributed by atoms with Crippen molar-refractivity contribution < 1.29 is 33.7 Å². The number of Topliss-reactive ketones (excluding diaryl/α,β-unsaturated/α-hetero) is 1. The molecule has 1 atom stereocenters. The Kier molecular flexibility index (Phi) is 4.45. The van der Waals surface area contributed by atoms with Gasteiger partial charge in [-0.15, -0.1) is 0 Å². The second kappa shape index (κ2) is 6.61. The van der Waals surface area contributed by atoms with E-state index in [2.05, 4.69) is 0 Å². The molecule has 0 spiro atoms. The van der Waals surface area contributed by atoms with E-state index in [1.807, 2.05) is 0 Å². The van der Waals surface area contributed by atoms with Crippen molar-refractivity contribution in [1.82, 2.24) is 0 Å². The smallest absolute Gasteiger partial charge is 0.349 e. The van der Waals surface area contributed by atoms with E-state index >= 15 is 0 Å². The Balaban J connectivity index is 2.38. The van der Waals surface area contributed by atoms with E-state index in [9.17, 15) is 24.8 Å². The van der Waals surface area contributed by atoms with E-state index in [0.717, 1.165) is 0 Å². The molecule has 0 fully saturated rings. The third-order valence-electron chi connectivity index (χ3n) is 4.26. The van der Waals surface area contributed by atoms with Gasteiger partial charge in [0.1, 0.15) is 5.76 Å².